The Balaban J connectivity index is 1.34. The molecule has 32 heavy (non-hydrogen) atoms. The molecule has 3 aromatic carbocycles. The summed E-state index contributed by atoms with van der Waals surface area (Å²) in [5.74, 6) is -0.0528. The number of alkyl carbamates (subject to hydrolysis) is 1. The number of rotatable bonds is 7. The first kappa shape index (κ1) is 21.7. The molecule has 0 aromatic heterocycles. The van der Waals surface area contributed by atoms with Crippen molar-refractivity contribution in [2.24, 2.45) is 0 Å². The van der Waals surface area contributed by atoms with Gasteiger partial charge in [0, 0.05) is 18.0 Å². The van der Waals surface area contributed by atoms with Crippen molar-refractivity contribution in [2.75, 3.05) is 13.2 Å². The van der Waals surface area contributed by atoms with Gasteiger partial charge in [0.15, 0.2) is 0 Å². The molecule has 0 heterocycles. The van der Waals surface area contributed by atoms with Gasteiger partial charge in [-0.25, -0.2) is 4.79 Å². The first-order chi connectivity index (χ1) is 15.5. The average Bonchev–Trinajstić information content (AvgIpc) is 3.14. The molecule has 0 saturated heterocycles. The van der Waals surface area contributed by atoms with Crippen LogP contribution in [0, 0.1) is 6.92 Å². The predicted octanol–water partition coefficient (Wildman–Crippen LogP) is 3.74. The number of aliphatic hydroxyl groups excluding tert-OH is 2. The Hall–Kier alpha value is -3.48. The van der Waals surface area contributed by atoms with Gasteiger partial charge >= 0.3 is 6.09 Å². The Morgan fingerprint density at radius 3 is 2.25 bits per heavy atom. The van der Waals surface area contributed by atoms with Crippen LogP contribution in [-0.2, 0) is 4.74 Å². The molecule has 4 rings (SSSR count). The fourth-order valence-electron chi connectivity index (χ4n) is 4.19. The van der Waals surface area contributed by atoms with E-state index in [0.29, 0.717) is 16.7 Å². The van der Waals surface area contributed by atoms with Gasteiger partial charge in [0.2, 0.25) is 0 Å². The standard InChI is InChI=1S/C26H25NO5/c1-16-12-17(10-11-18(16)14-28)25(30)24(29)13-27-26(31)32-15-23-21-8-4-2-6-19(21)20-7-3-5-9-22(20)23/h2-12,14,23-25,29-30H,13,15H2,1H3,(H,27,31). The van der Waals surface area contributed by atoms with Crippen LogP contribution >= 0.6 is 0 Å². The summed E-state index contributed by atoms with van der Waals surface area (Å²) in [7, 11) is 0. The summed E-state index contributed by atoms with van der Waals surface area (Å²) in [6.07, 6.45) is -2.36. The topological polar surface area (TPSA) is 95.9 Å². The van der Waals surface area contributed by atoms with E-state index in [9.17, 15) is 19.8 Å². The third-order valence-corrected chi connectivity index (χ3v) is 5.93. The second-order valence-electron chi connectivity index (χ2n) is 7.95. The van der Waals surface area contributed by atoms with E-state index >= 15 is 0 Å². The van der Waals surface area contributed by atoms with Gasteiger partial charge in [-0.3, -0.25) is 4.79 Å². The van der Waals surface area contributed by atoms with Gasteiger partial charge in [-0.2, -0.15) is 0 Å². The lowest BCUT2D eigenvalue weighted by atomic mass is 9.98. The highest BCUT2D eigenvalue weighted by atomic mass is 16.5. The highest BCUT2D eigenvalue weighted by Gasteiger charge is 2.29. The number of amides is 1. The van der Waals surface area contributed by atoms with Crippen LogP contribution in [0.4, 0.5) is 4.79 Å². The first-order valence-electron chi connectivity index (χ1n) is 10.5. The van der Waals surface area contributed by atoms with Crippen LogP contribution in [-0.4, -0.2) is 41.8 Å². The van der Waals surface area contributed by atoms with Crippen LogP contribution in [0.15, 0.2) is 66.7 Å². The average molecular weight is 431 g/mol. The van der Waals surface area contributed by atoms with Crippen molar-refractivity contribution in [3.05, 3.63) is 94.5 Å². The molecule has 164 valence electrons. The van der Waals surface area contributed by atoms with Gasteiger partial charge in [-0.05, 0) is 40.3 Å². The van der Waals surface area contributed by atoms with E-state index in [1.54, 1.807) is 25.1 Å². The summed E-state index contributed by atoms with van der Waals surface area (Å²) in [5.41, 5.74) is 6.21. The Labute approximate surface area is 186 Å². The van der Waals surface area contributed by atoms with E-state index in [0.717, 1.165) is 28.5 Å². The van der Waals surface area contributed by atoms with Crippen LogP contribution in [0.2, 0.25) is 0 Å². The summed E-state index contributed by atoms with van der Waals surface area (Å²) in [6, 6.07) is 21.0. The number of hydrogen-bond donors (Lipinski definition) is 3. The molecular formula is C26H25NO5. The van der Waals surface area contributed by atoms with Crippen LogP contribution < -0.4 is 5.32 Å². The number of ether oxygens (including phenoxy) is 1. The molecule has 2 atom stereocenters. The number of nitrogens with one attached hydrogen (secondary N) is 1. The minimum Gasteiger partial charge on any atom is -0.449 e. The van der Waals surface area contributed by atoms with E-state index in [1.807, 2.05) is 36.4 Å². The zero-order valence-electron chi connectivity index (χ0n) is 17.7. The van der Waals surface area contributed by atoms with Gasteiger partial charge in [-0.15, -0.1) is 0 Å². The maximum absolute atomic E-state index is 12.3. The quantitative estimate of drug-likeness (QED) is 0.496. The number of benzene rings is 3. The molecular weight excluding hydrogens is 406 g/mol. The van der Waals surface area contributed by atoms with E-state index in [4.69, 9.17) is 4.74 Å². The molecule has 0 aliphatic heterocycles. The Kier molecular flexibility index (Phi) is 6.35. The minimum absolute atomic E-state index is 0.0528. The molecule has 1 aliphatic carbocycles. The first-order valence-corrected chi connectivity index (χ1v) is 10.5. The molecule has 0 saturated carbocycles. The number of fused-ring (bicyclic) bond motifs is 3. The van der Waals surface area contributed by atoms with Gasteiger partial charge < -0.3 is 20.3 Å². The van der Waals surface area contributed by atoms with Crippen molar-refractivity contribution in [3.8, 4) is 11.1 Å². The number of hydrogen-bond acceptors (Lipinski definition) is 5. The summed E-state index contributed by atoms with van der Waals surface area (Å²) in [6.45, 7) is 1.75. The second kappa shape index (κ2) is 9.34. The third-order valence-electron chi connectivity index (χ3n) is 5.93. The van der Waals surface area contributed by atoms with Gasteiger partial charge in [0.1, 0.15) is 25.1 Å². The maximum Gasteiger partial charge on any atom is 0.407 e. The SMILES string of the molecule is Cc1cc(C(O)C(O)CNC(=O)OCC2c3ccccc3-c3ccccc32)ccc1C=O. The monoisotopic (exact) mass is 431 g/mol. The van der Waals surface area contributed by atoms with E-state index in [2.05, 4.69) is 17.4 Å². The summed E-state index contributed by atoms with van der Waals surface area (Å²) in [4.78, 5) is 23.2. The predicted molar refractivity (Wildman–Crippen MR) is 121 cm³/mol. The molecule has 3 aromatic rings. The third kappa shape index (κ3) is 4.28. The molecule has 6 nitrogen and oxygen atoms in total. The largest absolute Gasteiger partial charge is 0.449 e. The molecule has 1 aliphatic rings. The fourth-order valence-corrected chi connectivity index (χ4v) is 4.19. The van der Waals surface area contributed by atoms with Crippen molar-refractivity contribution in [1.82, 2.24) is 5.32 Å². The molecule has 2 unspecified atom stereocenters. The second-order valence-corrected chi connectivity index (χ2v) is 7.95. The minimum atomic E-state index is -1.23. The summed E-state index contributed by atoms with van der Waals surface area (Å²) >= 11 is 0. The lowest BCUT2D eigenvalue weighted by Crippen LogP contribution is -2.36. The maximum atomic E-state index is 12.3. The summed E-state index contributed by atoms with van der Waals surface area (Å²) < 4.78 is 5.44. The van der Waals surface area contributed by atoms with Crippen LogP contribution in [0.5, 0.6) is 0 Å². The highest BCUT2D eigenvalue weighted by molar-refractivity contribution is 5.79. The van der Waals surface area contributed by atoms with Crippen LogP contribution in [0.3, 0.4) is 0 Å². The molecule has 0 fully saturated rings. The smallest absolute Gasteiger partial charge is 0.407 e. The van der Waals surface area contributed by atoms with Crippen molar-refractivity contribution >= 4 is 12.4 Å². The van der Waals surface area contributed by atoms with Crippen molar-refractivity contribution in [2.45, 2.75) is 25.0 Å². The Morgan fingerprint density at radius 1 is 1.03 bits per heavy atom. The van der Waals surface area contributed by atoms with E-state index in [-0.39, 0.29) is 19.1 Å². The zero-order valence-corrected chi connectivity index (χ0v) is 17.7. The number of carbonyl (C=O) groups excluding carboxylic acids is 2. The van der Waals surface area contributed by atoms with Crippen molar-refractivity contribution < 1.29 is 24.5 Å². The molecule has 6 heteroatoms. The van der Waals surface area contributed by atoms with E-state index in [1.165, 1.54) is 0 Å². The van der Waals surface area contributed by atoms with Crippen molar-refractivity contribution in [1.29, 1.82) is 0 Å². The molecule has 0 radical (unpaired) electrons. The van der Waals surface area contributed by atoms with Gasteiger partial charge in [0.25, 0.3) is 0 Å². The number of aldehydes is 1. The molecule has 3 N–H and O–H groups in total. The lowest BCUT2D eigenvalue weighted by molar-refractivity contribution is 0.0185. The number of aryl methyl sites for hydroxylation is 1. The fraction of sp³-hybridized carbons (Fsp3) is 0.231. The van der Waals surface area contributed by atoms with Gasteiger partial charge in [-0.1, -0.05) is 66.7 Å². The normalized spacial score (nSPS) is 14.2. The van der Waals surface area contributed by atoms with Crippen molar-refractivity contribution in [3.63, 3.8) is 0 Å². The zero-order chi connectivity index (χ0) is 22.7. The molecule has 0 spiro atoms. The van der Waals surface area contributed by atoms with E-state index < -0.39 is 18.3 Å². The van der Waals surface area contributed by atoms with Gasteiger partial charge in [0.05, 0.1) is 0 Å². The Bertz CT molecular complexity index is 1100. The van der Waals surface area contributed by atoms with Crippen LogP contribution in [0.1, 0.15) is 44.6 Å². The van der Waals surface area contributed by atoms with Crippen LogP contribution in [0.25, 0.3) is 11.1 Å². The lowest BCUT2D eigenvalue weighted by Gasteiger charge is -2.20. The number of aliphatic hydroxyl groups is 2. The molecule has 1 amide bonds. The summed E-state index contributed by atoms with van der Waals surface area (Å²) in [5, 5.41) is 23.2. The highest BCUT2D eigenvalue weighted by Crippen LogP contribution is 2.44. The molecule has 0 bridgehead atoms. The Morgan fingerprint density at radius 2 is 1.66 bits per heavy atom. The number of carbonyl (C=O) groups is 2.